The summed E-state index contributed by atoms with van der Waals surface area (Å²) in [5, 5.41) is 13.2. The molecule has 32 heavy (non-hydrogen) atoms. The third kappa shape index (κ3) is 5.55. The first kappa shape index (κ1) is 21.6. The zero-order chi connectivity index (χ0) is 22.3. The number of carbonyl (C=O) groups is 1. The molecular formula is C27H27NO4. The van der Waals surface area contributed by atoms with Crippen molar-refractivity contribution in [1.82, 2.24) is 0 Å². The highest BCUT2D eigenvalue weighted by atomic mass is 16.6. The van der Waals surface area contributed by atoms with Gasteiger partial charge < -0.3 is 14.7 Å². The first-order valence-electron chi connectivity index (χ1n) is 10.8. The molecule has 4 rings (SSSR count). The fourth-order valence-electron chi connectivity index (χ4n) is 3.86. The summed E-state index contributed by atoms with van der Waals surface area (Å²) in [6, 6.07) is 26.3. The Morgan fingerprint density at radius 1 is 0.938 bits per heavy atom. The highest BCUT2D eigenvalue weighted by Gasteiger charge is 2.43. The lowest BCUT2D eigenvalue weighted by molar-refractivity contribution is -0.138. The van der Waals surface area contributed by atoms with Gasteiger partial charge in [-0.25, -0.2) is 0 Å². The zero-order valence-corrected chi connectivity index (χ0v) is 18.1. The summed E-state index contributed by atoms with van der Waals surface area (Å²) in [5.74, 6) is 0.0839. The number of aryl methyl sites for hydroxylation is 2. The monoisotopic (exact) mass is 429 g/mol. The van der Waals surface area contributed by atoms with Crippen LogP contribution in [-0.4, -0.2) is 30.5 Å². The quantitative estimate of drug-likeness (QED) is 0.360. The minimum atomic E-state index is -0.686. The van der Waals surface area contributed by atoms with Gasteiger partial charge in [0.1, 0.15) is 25.2 Å². The van der Waals surface area contributed by atoms with Gasteiger partial charge in [0, 0.05) is 5.56 Å². The van der Waals surface area contributed by atoms with Gasteiger partial charge in [0.25, 0.3) is 0 Å². The lowest BCUT2D eigenvalue weighted by Gasteiger charge is -2.10. The van der Waals surface area contributed by atoms with Crippen molar-refractivity contribution in [3.8, 4) is 5.75 Å². The van der Waals surface area contributed by atoms with Crippen LogP contribution < -0.4 is 4.74 Å². The maximum absolute atomic E-state index is 11.0. The largest absolute Gasteiger partial charge is 0.487 e. The van der Waals surface area contributed by atoms with Crippen molar-refractivity contribution >= 4 is 11.7 Å². The third-order valence-corrected chi connectivity index (χ3v) is 5.83. The van der Waals surface area contributed by atoms with Crippen molar-refractivity contribution in [3.05, 3.63) is 101 Å². The Labute approximate surface area is 188 Å². The van der Waals surface area contributed by atoms with Crippen LogP contribution in [0.5, 0.6) is 5.75 Å². The highest BCUT2D eigenvalue weighted by Crippen LogP contribution is 2.47. The van der Waals surface area contributed by atoms with Crippen LogP contribution in [0.25, 0.3) is 0 Å². The molecule has 2 atom stereocenters. The number of carboxylic acid groups (broad SMARTS) is 1. The second-order valence-electron chi connectivity index (χ2n) is 8.05. The van der Waals surface area contributed by atoms with Crippen LogP contribution in [0.4, 0.5) is 0 Å². The van der Waals surface area contributed by atoms with Crippen LogP contribution in [0.3, 0.4) is 0 Å². The van der Waals surface area contributed by atoms with Crippen LogP contribution in [0, 0.1) is 5.92 Å². The molecule has 0 heterocycles. The maximum Gasteiger partial charge on any atom is 0.307 e. The van der Waals surface area contributed by atoms with E-state index >= 15 is 0 Å². The van der Waals surface area contributed by atoms with E-state index in [1.54, 1.807) is 0 Å². The topological polar surface area (TPSA) is 68.1 Å². The maximum atomic E-state index is 11.0. The average molecular weight is 430 g/mol. The number of benzene rings is 3. The molecule has 0 bridgehead atoms. The molecule has 1 aliphatic rings. The van der Waals surface area contributed by atoms with Gasteiger partial charge in [-0.1, -0.05) is 71.9 Å². The first-order valence-corrected chi connectivity index (χ1v) is 10.8. The second-order valence-corrected chi connectivity index (χ2v) is 8.05. The van der Waals surface area contributed by atoms with Gasteiger partial charge in [-0.05, 0) is 54.0 Å². The van der Waals surface area contributed by atoms with Crippen molar-refractivity contribution < 1.29 is 19.5 Å². The molecule has 0 aliphatic heterocycles. The summed E-state index contributed by atoms with van der Waals surface area (Å²) in [5.41, 5.74) is 5.33. The van der Waals surface area contributed by atoms with Crippen molar-refractivity contribution in [2.45, 2.75) is 25.2 Å². The van der Waals surface area contributed by atoms with Gasteiger partial charge >= 0.3 is 5.97 Å². The molecule has 3 aromatic rings. The molecule has 1 saturated carbocycles. The first-order chi connectivity index (χ1) is 15.6. The fraction of sp³-hybridized carbons (Fsp3) is 0.259. The molecule has 164 valence electrons. The zero-order valence-electron chi connectivity index (χ0n) is 18.1. The van der Waals surface area contributed by atoms with Crippen LogP contribution in [0.1, 0.15) is 34.6 Å². The minimum Gasteiger partial charge on any atom is -0.487 e. The molecule has 5 heteroatoms. The Morgan fingerprint density at radius 2 is 1.56 bits per heavy atom. The molecule has 5 nitrogen and oxygen atoms in total. The summed E-state index contributed by atoms with van der Waals surface area (Å²) >= 11 is 0. The van der Waals surface area contributed by atoms with E-state index in [1.165, 1.54) is 18.2 Å². The van der Waals surface area contributed by atoms with E-state index < -0.39 is 5.97 Å². The van der Waals surface area contributed by atoms with Crippen LogP contribution in [0.2, 0.25) is 0 Å². The second kappa shape index (κ2) is 10.1. The SMILES string of the molecule is CO/N=C(/COc1ccc(CCc2ccc(C3CC3C(=O)O)cc2)cc1)c1ccccc1. The average Bonchev–Trinajstić information content (AvgIpc) is 3.63. The van der Waals surface area contributed by atoms with E-state index in [0.717, 1.165) is 41.9 Å². The van der Waals surface area contributed by atoms with E-state index in [2.05, 4.69) is 41.6 Å². The molecule has 0 spiro atoms. The van der Waals surface area contributed by atoms with Gasteiger partial charge in [0.15, 0.2) is 0 Å². The van der Waals surface area contributed by atoms with Gasteiger partial charge in [-0.2, -0.15) is 0 Å². The molecule has 3 aromatic carbocycles. The Bertz CT molecular complexity index is 1060. The predicted octanol–water partition coefficient (Wildman–Crippen LogP) is 5.09. The standard InChI is InChI=1S/C27H27NO4/c1-31-28-26(22-5-3-2-4-6-22)18-32-23-15-11-20(12-16-23)8-7-19-9-13-21(14-10-19)24-17-25(24)27(29)30/h2-6,9-16,24-25H,7-8,17-18H2,1H3,(H,29,30)/b28-26-. The van der Waals surface area contributed by atoms with E-state index in [1.807, 2.05) is 42.5 Å². The number of carboxylic acids is 1. The summed E-state index contributed by atoms with van der Waals surface area (Å²) in [7, 11) is 1.53. The Morgan fingerprint density at radius 3 is 2.12 bits per heavy atom. The van der Waals surface area contributed by atoms with Gasteiger partial charge in [-0.15, -0.1) is 0 Å². The number of hydrogen-bond donors (Lipinski definition) is 1. The van der Waals surface area contributed by atoms with Crippen LogP contribution >= 0.6 is 0 Å². The molecular weight excluding hydrogens is 402 g/mol. The van der Waals surface area contributed by atoms with Gasteiger partial charge in [0.05, 0.1) is 5.92 Å². The smallest absolute Gasteiger partial charge is 0.307 e. The molecule has 2 unspecified atom stereocenters. The van der Waals surface area contributed by atoms with Crippen molar-refractivity contribution in [1.29, 1.82) is 0 Å². The molecule has 0 aromatic heterocycles. The molecule has 0 radical (unpaired) electrons. The number of oxime groups is 1. The summed E-state index contributed by atoms with van der Waals surface area (Å²) in [6.45, 7) is 0.327. The lowest BCUT2D eigenvalue weighted by atomic mass is 10.0. The van der Waals surface area contributed by atoms with E-state index in [9.17, 15) is 4.79 Å². The molecule has 0 saturated heterocycles. The van der Waals surface area contributed by atoms with E-state index in [4.69, 9.17) is 14.7 Å². The molecule has 1 N–H and O–H groups in total. The highest BCUT2D eigenvalue weighted by molar-refractivity contribution is 6.01. The van der Waals surface area contributed by atoms with Gasteiger partial charge in [-0.3, -0.25) is 4.79 Å². The Kier molecular flexibility index (Phi) is 6.85. The summed E-state index contributed by atoms with van der Waals surface area (Å²) < 4.78 is 5.91. The normalized spacial score (nSPS) is 17.6. The van der Waals surface area contributed by atoms with Crippen LogP contribution in [0.15, 0.2) is 84.0 Å². The van der Waals surface area contributed by atoms with Crippen molar-refractivity contribution in [2.75, 3.05) is 13.7 Å². The molecule has 0 amide bonds. The van der Waals surface area contributed by atoms with E-state index in [-0.39, 0.29) is 11.8 Å². The number of nitrogens with zero attached hydrogens (tertiary/aromatic N) is 1. The molecule has 1 aliphatic carbocycles. The van der Waals surface area contributed by atoms with Crippen LogP contribution in [-0.2, 0) is 22.5 Å². The predicted molar refractivity (Wildman–Crippen MR) is 124 cm³/mol. The number of hydrogen-bond acceptors (Lipinski definition) is 4. The molecule has 1 fully saturated rings. The number of rotatable bonds is 10. The fourth-order valence-corrected chi connectivity index (χ4v) is 3.86. The Balaban J connectivity index is 1.27. The number of ether oxygens (including phenoxy) is 1. The van der Waals surface area contributed by atoms with E-state index in [0.29, 0.717) is 6.61 Å². The summed E-state index contributed by atoms with van der Waals surface area (Å²) in [4.78, 5) is 16.0. The third-order valence-electron chi connectivity index (χ3n) is 5.83. The number of aliphatic carboxylic acids is 1. The van der Waals surface area contributed by atoms with Crippen molar-refractivity contribution in [2.24, 2.45) is 11.1 Å². The van der Waals surface area contributed by atoms with Crippen molar-refractivity contribution in [3.63, 3.8) is 0 Å². The Hall–Kier alpha value is -3.60. The lowest BCUT2D eigenvalue weighted by Crippen LogP contribution is -2.13. The van der Waals surface area contributed by atoms with Gasteiger partial charge in [0.2, 0.25) is 0 Å². The minimum absolute atomic E-state index is 0.186. The summed E-state index contributed by atoms with van der Waals surface area (Å²) in [6.07, 6.45) is 2.63.